The molecule has 0 aliphatic carbocycles. The summed E-state index contributed by atoms with van der Waals surface area (Å²) in [4.78, 5) is 16.5. The van der Waals surface area contributed by atoms with Crippen LogP contribution in [0.3, 0.4) is 0 Å². The summed E-state index contributed by atoms with van der Waals surface area (Å²) in [6.45, 7) is 13.9. The van der Waals surface area contributed by atoms with Gasteiger partial charge in [0.25, 0.3) is 0 Å². The Labute approximate surface area is 117 Å². The highest BCUT2D eigenvalue weighted by Gasteiger charge is 2.29. The third-order valence-corrected chi connectivity index (χ3v) is 3.75. The van der Waals surface area contributed by atoms with Crippen molar-refractivity contribution in [1.29, 1.82) is 0 Å². The van der Waals surface area contributed by atoms with Gasteiger partial charge >= 0.3 is 0 Å². The first kappa shape index (κ1) is 16.4. The molecule has 0 radical (unpaired) electrons. The lowest BCUT2D eigenvalue weighted by Gasteiger charge is -2.43. The Balaban J connectivity index is 2.31. The Morgan fingerprint density at radius 3 is 2.32 bits per heavy atom. The summed E-state index contributed by atoms with van der Waals surface area (Å²) < 4.78 is 0. The van der Waals surface area contributed by atoms with E-state index >= 15 is 0 Å². The molecule has 2 N–H and O–H groups in total. The third kappa shape index (κ3) is 5.89. The minimum Gasteiger partial charge on any atom is -0.353 e. The molecule has 0 spiro atoms. The molecule has 0 aromatic carbocycles. The molecular formula is C14H30N4O. The SMILES string of the molecule is CC(C)NCC(=O)NCC(C)(C)N1CCN(C)CC1. The molecule has 0 aromatic heterocycles. The van der Waals surface area contributed by atoms with E-state index < -0.39 is 0 Å². The second-order valence-corrected chi connectivity index (χ2v) is 6.42. The summed E-state index contributed by atoms with van der Waals surface area (Å²) in [6.07, 6.45) is 0. The molecule has 1 saturated heterocycles. The van der Waals surface area contributed by atoms with Gasteiger partial charge in [-0.2, -0.15) is 0 Å². The summed E-state index contributed by atoms with van der Waals surface area (Å²) in [5.41, 5.74) is 0.0226. The van der Waals surface area contributed by atoms with Crippen LogP contribution in [0, 0.1) is 0 Å². The minimum atomic E-state index is 0.0226. The van der Waals surface area contributed by atoms with Gasteiger partial charge in [-0.1, -0.05) is 13.8 Å². The number of rotatable bonds is 6. The van der Waals surface area contributed by atoms with Crippen LogP contribution in [0.5, 0.6) is 0 Å². The average Bonchev–Trinajstić information content (AvgIpc) is 2.34. The van der Waals surface area contributed by atoms with Gasteiger partial charge in [0.05, 0.1) is 6.54 Å². The first-order valence-corrected chi connectivity index (χ1v) is 7.25. The fourth-order valence-corrected chi connectivity index (χ4v) is 2.20. The standard InChI is InChI=1S/C14H30N4O/c1-12(2)15-10-13(19)16-11-14(3,4)18-8-6-17(5)7-9-18/h12,15H,6-11H2,1-5H3,(H,16,19). The molecule has 5 nitrogen and oxygen atoms in total. The van der Waals surface area contributed by atoms with Crippen molar-refractivity contribution in [1.82, 2.24) is 20.4 Å². The van der Waals surface area contributed by atoms with E-state index in [4.69, 9.17) is 0 Å². The molecule has 5 heteroatoms. The Morgan fingerprint density at radius 2 is 1.79 bits per heavy atom. The molecule has 0 unspecified atom stereocenters. The van der Waals surface area contributed by atoms with Crippen molar-refractivity contribution >= 4 is 5.91 Å². The highest BCUT2D eigenvalue weighted by atomic mass is 16.1. The maximum absolute atomic E-state index is 11.7. The number of nitrogens with one attached hydrogen (secondary N) is 2. The molecule has 19 heavy (non-hydrogen) atoms. The number of piperazine rings is 1. The Bertz CT molecular complexity index is 283. The van der Waals surface area contributed by atoms with E-state index in [0.29, 0.717) is 19.1 Å². The Hall–Kier alpha value is -0.650. The van der Waals surface area contributed by atoms with Gasteiger partial charge in [0.15, 0.2) is 0 Å². The summed E-state index contributed by atoms with van der Waals surface area (Å²) in [7, 11) is 2.16. The quantitative estimate of drug-likeness (QED) is 0.720. The number of hydrogen-bond acceptors (Lipinski definition) is 4. The van der Waals surface area contributed by atoms with Crippen LogP contribution in [0.2, 0.25) is 0 Å². The average molecular weight is 270 g/mol. The van der Waals surface area contributed by atoms with Crippen LogP contribution in [0.15, 0.2) is 0 Å². The van der Waals surface area contributed by atoms with Gasteiger partial charge in [-0.15, -0.1) is 0 Å². The normalized spacial score (nSPS) is 18.8. The predicted molar refractivity (Wildman–Crippen MR) is 79.3 cm³/mol. The molecule has 0 atom stereocenters. The monoisotopic (exact) mass is 270 g/mol. The number of likely N-dealkylation sites (N-methyl/N-ethyl adjacent to an activating group) is 1. The molecule has 0 bridgehead atoms. The highest BCUT2D eigenvalue weighted by molar-refractivity contribution is 5.78. The molecule has 0 saturated carbocycles. The molecular weight excluding hydrogens is 240 g/mol. The van der Waals surface area contributed by atoms with Crippen LogP contribution < -0.4 is 10.6 Å². The third-order valence-electron chi connectivity index (χ3n) is 3.75. The summed E-state index contributed by atoms with van der Waals surface area (Å²) in [6, 6.07) is 0.344. The minimum absolute atomic E-state index is 0.0226. The van der Waals surface area contributed by atoms with Crippen molar-refractivity contribution in [2.75, 3.05) is 46.3 Å². The molecule has 1 heterocycles. The van der Waals surface area contributed by atoms with E-state index in [9.17, 15) is 4.79 Å². The van der Waals surface area contributed by atoms with E-state index in [1.54, 1.807) is 0 Å². The van der Waals surface area contributed by atoms with E-state index in [-0.39, 0.29) is 11.4 Å². The van der Waals surface area contributed by atoms with Gasteiger partial charge in [-0.25, -0.2) is 0 Å². The van der Waals surface area contributed by atoms with Crippen molar-refractivity contribution < 1.29 is 4.79 Å². The summed E-state index contributed by atoms with van der Waals surface area (Å²) in [5.74, 6) is 0.0795. The van der Waals surface area contributed by atoms with Gasteiger partial charge < -0.3 is 15.5 Å². The maximum Gasteiger partial charge on any atom is 0.234 e. The molecule has 112 valence electrons. The fraction of sp³-hybridized carbons (Fsp3) is 0.929. The fourth-order valence-electron chi connectivity index (χ4n) is 2.20. The number of amides is 1. The number of nitrogens with zero attached hydrogens (tertiary/aromatic N) is 2. The first-order chi connectivity index (χ1) is 8.81. The zero-order chi connectivity index (χ0) is 14.5. The van der Waals surface area contributed by atoms with Crippen LogP contribution in [0.1, 0.15) is 27.7 Å². The van der Waals surface area contributed by atoms with E-state index in [1.165, 1.54) is 0 Å². The van der Waals surface area contributed by atoms with Crippen LogP contribution in [-0.4, -0.2) is 73.6 Å². The zero-order valence-corrected chi connectivity index (χ0v) is 13.1. The number of carbonyl (C=O) groups is 1. The number of hydrogen-bond donors (Lipinski definition) is 2. The van der Waals surface area contributed by atoms with Gasteiger partial charge in [-0.05, 0) is 20.9 Å². The van der Waals surface area contributed by atoms with Gasteiger partial charge in [0.2, 0.25) is 5.91 Å². The maximum atomic E-state index is 11.7. The second-order valence-electron chi connectivity index (χ2n) is 6.42. The zero-order valence-electron chi connectivity index (χ0n) is 13.1. The van der Waals surface area contributed by atoms with E-state index in [2.05, 4.69) is 41.3 Å². The lowest BCUT2D eigenvalue weighted by Crippen LogP contribution is -2.58. The smallest absolute Gasteiger partial charge is 0.234 e. The lowest BCUT2D eigenvalue weighted by molar-refractivity contribution is -0.121. The highest BCUT2D eigenvalue weighted by Crippen LogP contribution is 2.15. The molecule has 0 aromatic rings. The molecule has 1 aliphatic rings. The summed E-state index contributed by atoms with van der Waals surface area (Å²) >= 11 is 0. The largest absolute Gasteiger partial charge is 0.353 e. The molecule has 1 rings (SSSR count). The molecule has 1 amide bonds. The van der Waals surface area contributed by atoms with E-state index in [1.807, 2.05) is 13.8 Å². The number of carbonyl (C=O) groups excluding carboxylic acids is 1. The topological polar surface area (TPSA) is 47.6 Å². The van der Waals surface area contributed by atoms with Crippen LogP contribution in [0.25, 0.3) is 0 Å². The van der Waals surface area contributed by atoms with Crippen molar-refractivity contribution in [2.45, 2.75) is 39.3 Å². The second kappa shape index (κ2) is 7.22. The predicted octanol–water partition coefficient (Wildman–Crippen LogP) is 0.127. The lowest BCUT2D eigenvalue weighted by atomic mass is 10.0. The molecule has 1 fully saturated rings. The molecule has 1 aliphatic heterocycles. The van der Waals surface area contributed by atoms with Crippen LogP contribution in [0.4, 0.5) is 0 Å². The Kier molecular flexibility index (Phi) is 6.23. The van der Waals surface area contributed by atoms with Crippen molar-refractivity contribution in [2.24, 2.45) is 0 Å². The van der Waals surface area contributed by atoms with Gasteiger partial charge in [0, 0.05) is 44.3 Å². The van der Waals surface area contributed by atoms with E-state index in [0.717, 1.165) is 26.2 Å². The van der Waals surface area contributed by atoms with Crippen molar-refractivity contribution in [3.05, 3.63) is 0 Å². The van der Waals surface area contributed by atoms with Crippen molar-refractivity contribution in [3.8, 4) is 0 Å². The summed E-state index contributed by atoms with van der Waals surface area (Å²) in [5, 5.41) is 6.16. The van der Waals surface area contributed by atoms with Crippen molar-refractivity contribution in [3.63, 3.8) is 0 Å². The van der Waals surface area contributed by atoms with Crippen LogP contribution >= 0.6 is 0 Å². The van der Waals surface area contributed by atoms with Gasteiger partial charge in [0.1, 0.15) is 0 Å². The first-order valence-electron chi connectivity index (χ1n) is 7.25. The Morgan fingerprint density at radius 1 is 1.21 bits per heavy atom. The van der Waals surface area contributed by atoms with Gasteiger partial charge in [-0.3, -0.25) is 9.69 Å². The van der Waals surface area contributed by atoms with Crippen LogP contribution in [-0.2, 0) is 4.79 Å².